The zero-order chi connectivity index (χ0) is 18.2. The number of ether oxygens (including phenoxy) is 2. The monoisotopic (exact) mass is 358 g/mol. The van der Waals surface area contributed by atoms with Crippen molar-refractivity contribution in [2.45, 2.75) is 26.3 Å². The summed E-state index contributed by atoms with van der Waals surface area (Å²) in [7, 11) is 3.26. The quantitative estimate of drug-likeness (QED) is 0.698. The van der Waals surface area contributed by atoms with E-state index in [0.717, 1.165) is 17.9 Å². The van der Waals surface area contributed by atoms with Crippen molar-refractivity contribution >= 4 is 23.0 Å². The molecule has 1 unspecified atom stereocenters. The van der Waals surface area contributed by atoms with Crippen LogP contribution in [0.25, 0.3) is 0 Å². The maximum Gasteiger partial charge on any atom is 0.171 e. The Balaban J connectivity index is 2.11. The third-order valence-corrected chi connectivity index (χ3v) is 4.09. The van der Waals surface area contributed by atoms with Gasteiger partial charge in [-0.1, -0.05) is 44.2 Å². The van der Waals surface area contributed by atoms with Crippen molar-refractivity contribution < 1.29 is 9.47 Å². The predicted octanol–water partition coefficient (Wildman–Crippen LogP) is 4.78. The van der Waals surface area contributed by atoms with Gasteiger partial charge in [-0.15, -0.1) is 0 Å². The molecule has 0 saturated heterocycles. The number of hydrogen-bond acceptors (Lipinski definition) is 3. The number of anilines is 1. The SMILES string of the molecule is COc1ccc(NC(=S)NC(CC(C)C)c2ccccc2)c(OC)c1. The number of methoxy groups -OCH3 is 2. The summed E-state index contributed by atoms with van der Waals surface area (Å²) in [6.07, 6.45) is 0.992. The number of nitrogens with one attached hydrogen (secondary N) is 2. The summed E-state index contributed by atoms with van der Waals surface area (Å²) in [6.45, 7) is 4.42. The standard InChI is InChI=1S/C20H26N2O2S/c1-14(2)12-18(15-8-6-5-7-9-15)22-20(25)21-17-11-10-16(23-3)13-19(17)24-4/h5-11,13-14,18H,12H2,1-4H3,(H2,21,22,25). The van der Waals surface area contributed by atoms with Crippen LogP contribution in [0, 0.1) is 5.92 Å². The Kier molecular flexibility index (Phi) is 7.07. The molecule has 0 heterocycles. The van der Waals surface area contributed by atoms with Gasteiger partial charge in [-0.3, -0.25) is 0 Å². The van der Waals surface area contributed by atoms with Crippen LogP contribution >= 0.6 is 12.2 Å². The summed E-state index contributed by atoms with van der Waals surface area (Å²) >= 11 is 5.52. The molecule has 2 rings (SSSR count). The summed E-state index contributed by atoms with van der Waals surface area (Å²) in [6, 6.07) is 16.1. The van der Waals surface area contributed by atoms with Crippen LogP contribution in [0.2, 0.25) is 0 Å². The second-order valence-corrected chi connectivity index (χ2v) is 6.67. The molecular weight excluding hydrogens is 332 g/mol. The molecule has 0 aliphatic rings. The lowest BCUT2D eigenvalue weighted by molar-refractivity contribution is 0.395. The molecular formula is C20H26N2O2S. The van der Waals surface area contributed by atoms with Crippen LogP contribution < -0.4 is 20.1 Å². The molecule has 0 fully saturated rings. The fraction of sp³-hybridized carbons (Fsp3) is 0.350. The van der Waals surface area contributed by atoms with Crippen molar-refractivity contribution in [3.8, 4) is 11.5 Å². The zero-order valence-corrected chi connectivity index (χ0v) is 16.0. The van der Waals surface area contributed by atoms with Gasteiger partial charge in [0.15, 0.2) is 5.11 Å². The molecule has 2 aromatic rings. The van der Waals surface area contributed by atoms with Crippen LogP contribution in [0.3, 0.4) is 0 Å². The van der Waals surface area contributed by atoms with Crippen molar-refractivity contribution in [3.63, 3.8) is 0 Å². The number of benzene rings is 2. The molecule has 2 N–H and O–H groups in total. The van der Waals surface area contributed by atoms with E-state index in [1.54, 1.807) is 14.2 Å². The summed E-state index contributed by atoms with van der Waals surface area (Å²) in [5, 5.41) is 7.22. The third-order valence-electron chi connectivity index (χ3n) is 3.87. The first-order chi connectivity index (χ1) is 12.0. The second kappa shape index (κ2) is 9.28. The Morgan fingerprint density at radius 2 is 1.76 bits per heavy atom. The molecule has 25 heavy (non-hydrogen) atoms. The Bertz CT molecular complexity index is 689. The number of rotatable bonds is 7. The maximum absolute atomic E-state index is 5.52. The van der Waals surface area contributed by atoms with Gasteiger partial charge in [0.05, 0.1) is 25.9 Å². The van der Waals surface area contributed by atoms with Gasteiger partial charge in [0, 0.05) is 6.07 Å². The lowest BCUT2D eigenvalue weighted by atomic mass is 9.97. The molecule has 2 aromatic carbocycles. The highest BCUT2D eigenvalue weighted by Crippen LogP contribution is 2.29. The maximum atomic E-state index is 5.52. The minimum Gasteiger partial charge on any atom is -0.497 e. The lowest BCUT2D eigenvalue weighted by Gasteiger charge is -2.23. The molecule has 1 atom stereocenters. The van der Waals surface area contributed by atoms with E-state index in [2.05, 4.69) is 36.6 Å². The second-order valence-electron chi connectivity index (χ2n) is 6.26. The summed E-state index contributed by atoms with van der Waals surface area (Å²) in [5.41, 5.74) is 2.03. The molecule has 134 valence electrons. The highest BCUT2D eigenvalue weighted by atomic mass is 32.1. The van der Waals surface area contributed by atoms with Gasteiger partial charge in [0.1, 0.15) is 11.5 Å². The molecule has 0 aliphatic carbocycles. The van der Waals surface area contributed by atoms with Gasteiger partial charge < -0.3 is 20.1 Å². The first kappa shape index (κ1) is 19.1. The van der Waals surface area contributed by atoms with E-state index < -0.39 is 0 Å². The Morgan fingerprint density at radius 1 is 1.04 bits per heavy atom. The van der Waals surface area contributed by atoms with Gasteiger partial charge in [-0.2, -0.15) is 0 Å². The van der Waals surface area contributed by atoms with E-state index in [4.69, 9.17) is 21.7 Å². The molecule has 0 radical (unpaired) electrons. The fourth-order valence-electron chi connectivity index (χ4n) is 2.65. The van der Waals surface area contributed by atoms with Crippen molar-refractivity contribution in [2.24, 2.45) is 5.92 Å². The van der Waals surface area contributed by atoms with Crippen LogP contribution in [0.15, 0.2) is 48.5 Å². The van der Waals surface area contributed by atoms with Gasteiger partial charge in [0.2, 0.25) is 0 Å². The van der Waals surface area contributed by atoms with Crippen molar-refractivity contribution in [2.75, 3.05) is 19.5 Å². The van der Waals surface area contributed by atoms with Crippen LogP contribution in [-0.2, 0) is 0 Å². The first-order valence-corrected chi connectivity index (χ1v) is 8.78. The Hall–Kier alpha value is -2.27. The number of thiocarbonyl (C=S) groups is 1. The number of hydrogen-bond donors (Lipinski definition) is 2. The highest BCUT2D eigenvalue weighted by Gasteiger charge is 2.15. The average Bonchev–Trinajstić information content (AvgIpc) is 2.61. The molecule has 0 amide bonds. The predicted molar refractivity (Wildman–Crippen MR) is 108 cm³/mol. The van der Waals surface area contributed by atoms with E-state index in [-0.39, 0.29) is 6.04 Å². The van der Waals surface area contributed by atoms with E-state index in [1.807, 2.05) is 36.4 Å². The summed E-state index contributed by atoms with van der Waals surface area (Å²) < 4.78 is 10.6. The van der Waals surface area contributed by atoms with Crippen LogP contribution in [0.5, 0.6) is 11.5 Å². The van der Waals surface area contributed by atoms with Crippen molar-refractivity contribution in [1.29, 1.82) is 0 Å². The topological polar surface area (TPSA) is 42.5 Å². The first-order valence-electron chi connectivity index (χ1n) is 8.38. The highest BCUT2D eigenvalue weighted by molar-refractivity contribution is 7.80. The zero-order valence-electron chi connectivity index (χ0n) is 15.2. The normalized spacial score (nSPS) is 11.7. The molecule has 0 bridgehead atoms. The molecule has 0 aliphatic heterocycles. The third kappa shape index (κ3) is 5.64. The van der Waals surface area contributed by atoms with Gasteiger partial charge >= 0.3 is 0 Å². The van der Waals surface area contributed by atoms with Gasteiger partial charge in [-0.25, -0.2) is 0 Å². The van der Waals surface area contributed by atoms with Crippen molar-refractivity contribution in [3.05, 3.63) is 54.1 Å². The average molecular weight is 359 g/mol. The van der Waals surface area contributed by atoms with Gasteiger partial charge in [0.25, 0.3) is 0 Å². The van der Waals surface area contributed by atoms with Gasteiger partial charge in [-0.05, 0) is 42.3 Å². The van der Waals surface area contributed by atoms with E-state index in [0.29, 0.717) is 16.8 Å². The Morgan fingerprint density at radius 3 is 2.36 bits per heavy atom. The summed E-state index contributed by atoms with van der Waals surface area (Å²) in [4.78, 5) is 0. The molecule has 0 spiro atoms. The summed E-state index contributed by atoms with van der Waals surface area (Å²) in [5.74, 6) is 1.97. The smallest absolute Gasteiger partial charge is 0.171 e. The van der Waals surface area contributed by atoms with E-state index >= 15 is 0 Å². The van der Waals surface area contributed by atoms with Crippen LogP contribution in [0.1, 0.15) is 31.9 Å². The van der Waals surface area contributed by atoms with E-state index in [9.17, 15) is 0 Å². The minimum atomic E-state index is 0.158. The minimum absolute atomic E-state index is 0.158. The van der Waals surface area contributed by atoms with Crippen LogP contribution in [-0.4, -0.2) is 19.3 Å². The molecule has 0 aromatic heterocycles. The van der Waals surface area contributed by atoms with E-state index in [1.165, 1.54) is 5.56 Å². The van der Waals surface area contributed by atoms with Crippen LogP contribution in [0.4, 0.5) is 5.69 Å². The van der Waals surface area contributed by atoms with Crippen molar-refractivity contribution in [1.82, 2.24) is 5.32 Å². The molecule has 0 saturated carbocycles. The molecule has 4 nitrogen and oxygen atoms in total. The Labute approximate surface area is 155 Å². The lowest BCUT2D eigenvalue weighted by Crippen LogP contribution is -2.33. The molecule has 5 heteroatoms. The fourth-order valence-corrected chi connectivity index (χ4v) is 2.91. The largest absolute Gasteiger partial charge is 0.497 e.